The van der Waals surface area contributed by atoms with Crippen molar-refractivity contribution in [2.45, 2.75) is 63.2 Å². The number of likely N-dealkylation sites (tertiary alicyclic amines) is 2. The van der Waals surface area contributed by atoms with Crippen LogP contribution in [0.4, 0.5) is 19.0 Å². The molecule has 1 aromatic carbocycles. The highest BCUT2D eigenvalue weighted by atomic mass is 19.4. The number of Topliss-reactive ketones (excluding diaryl/α,β-unsaturated/α-hetero) is 1. The number of anilines is 1. The first-order valence-electron chi connectivity index (χ1n) is 12.4. The minimum atomic E-state index is -4.46. The number of amides is 1. The molecule has 2 saturated heterocycles. The number of nitrogens with one attached hydrogen (secondary N) is 1. The Kier molecular flexibility index (Phi) is 6.65. The molecule has 2 aliphatic heterocycles. The fraction of sp³-hybridized carbons (Fsp3) is 0.600. The second-order valence-electron chi connectivity index (χ2n) is 10.0. The number of aromatic nitrogens is 2. The Balaban J connectivity index is 1.07. The average molecular weight is 490 g/mol. The van der Waals surface area contributed by atoms with Crippen LogP contribution in [0.3, 0.4) is 0 Å². The van der Waals surface area contributed by atoms with Gasteiger partial charge in [0.2, 0.25) is 5.91 Å². The molecule has 35 heavy (non-hydrogen) atoms. The lowest BCUT2D eigenvalue weighted by molar-refractivity contribution is -0.137. The van der Waals surface area contributed by atoms with Crippen molar-refractivity contribution in [3.63, 3.8) is 0 Å². The molecule has 0 spiro atoms. The zero-order valence-corrected chi connectivity index (χ0v) is 19.6. The molecule has 10 heteroatoms. The molecule has 0 radical (unpaired) electrons. The van der Waals surface area contributed by atoms with E-state index >= 15 is 0 Å². The van der Waals surface area contributed by atoms with Gasteiger partial charge < -0.3 is 10.2 Å². The summed E-state index contributed by atoms with van der Waals surface area (Å²) >= 11 is 0. The molecule has 1 saturated carbocycles. The van der Waals surface area contributed by atoms with Gasteiger partial charge in [0.15, 0.2) is 5.78 Å². The number of carbonyl (C=O) groups is 2. The highest BCUT2D eigenvalue weighted by molar-refractivity contribution is 5.91. The normalized spacial score (nSPS) is 24.1. The molecule has 1 aliphatic carbocycles. The van der Waals surface area contributed by atoms with Crippen molar-refractivity contribution in [1.82, 2.24) is 19.8 Å². The molecule has 0 atom stereocenters. The van der Waals surface area contributed by atoms with Crippen molar-refractivity contribution < 1.29 is 22.8 Å². The third-order valence-corrected chi connectivity index (χ3v) is 7.65. The number of halogens is 3. The maximum absolute atomic E-state index is 13.1. The summed E-state index contributed by atoms with van der Waals surface area (Å²) < 4.78 is 39.3. The number of benzene rings is 1. The minimum Gasteiger partial charge on any atom is -0.362 e. The first kappa shape index (κ1) is 24.0. The van der Waals surface area contributed by atoms with Gasteiger partial charge in [-0.1, -0.05) is 0 Å². The Hall–Kier alpha value is -2.75. The second-order valence-corrected chi connectivity index (χ2v) is 10.0. The first-order valence-corrected chi connectivity index (χ1v) is 12.4. The van der Waals surface area contributed by atoms with Gasteiger partial charge in [-0.15, -0.1) is 0 Å². The Morgan fingerprint density at radius 3 is 2.51 bits per heavy atom. The lowest BCUT2D eigenvalue weighted by Crippen LogP contribution is -2.54. The summed E-state index contributed by atoms with van der Waals surface area (Å²) in [6.07, 6.45) is 3.24. The fourth-order valence-corrected chi connectivity index (χ4v) is 5.78. The number of nitrogens with zero attached hydrogens (tertiary/aromatic N) is 4. The fourth-order valence-electron chi connectivity index (χ4n) is 5.78. The van der Waals surface area contributed by atoms with E-state index < -0.39 is 11.7 Å². The smallest absolute Gasteiger partial charge is 0.362 e. The molecule has 0 unspecified atom stereocenters. The second kappa shape index (κ2) is 9.72. The zero-order chi connectivity index (χ0) is 24.6. The number of hydrogen-bond donors (Lipinski definition) is 1. The van der Waals surface area contributed by atoms with E-state index in [4.69, 9.17) is 0 Å². The molecule has 188 valence electrons. The third kappa shape index (κ3) is 5.27. The molecule has 2 aromatic rings. The van der Waals surface area contributed by atoms with Crippen LogP contribution >= 0.6 is 0 Å². The monoisotopic (exact) mass is 489 g/mol. The van der Waals surface area contributed by atoms with Gasteiger partial charge in [0.25, 0.3) is 0 Å². The molecular weight excluding hydrogens is 459 g/mol. The van der Waals surface area contributed by atoms with Gasteiger partial charge in [-0.2, -0.15) is 13.2 Å². The van der Waals surface area contributed by atoms with Crippen molar-refractivity contribution in [1.29, 1.82) is 0 Å². The number of alkyl halides is 3. The SMILES string of the molecule is O=C(CNc1ncnc2ccc(C(F)(F)F)cc12)CC1CN(C2CCC(N3CCCC3=O)CC2)C1. The van der Waals surface area contributed by atoms with Crippen molar-refractivity contribution in [2.24, 2.45) is 5.92 Å². The number of carbonyl (C=O) groups excluding carboxylic acids is 2. The number of hydrogen-bond acceptors (Lipinski definition) is 6. The highest BCUT2D eigenvalue weighted by Crippen LogP contribution is 2.34. The number of rotatable bonds is 7. The Bertz CT molecular complexity index is 1090. The summed E-state index contributed by atoms with van der Waals surface area (Å²) in [7, 11) is 0. The standard InChI is InChI=1S/C25H30F3N5O2/c26-25(27,28)17-3-8-22-21(11-17)24(31-15-30-22)29-12-20(34)10-16-13-32(14-16)18-4-6-19(7-5-18)33-9-1-2-23(33)35/h3,8,11,15-16,18-19H,1-2,4-7,9-10,12-14H2,(H,29,30,31). The van der Waals surface area contributed by atoms with E-state index in [-0.39, 0.29) is 23.5 Å². The molecule has 0 bridgehead atoms. The van der Waals surface area contributed by atoms with E-state index in [1.54, 1.807) is 0 Å². The van der Waals surface area contributed by atoms with E-state index in [0.717, 1.165) is 63.9 Å². The van der Waals surface area contributed by atoms with E-state index in [0.29, 0.717) is 42.3 Å². The maximum Gasteiger partial charge on any atom is 0.416 e. The van der Waals surface area contributed by atoms with E-state index in [9.17, 15) is 22.8 Å². The predicted molar refractivity (Wildman–Crippen MR) is 125 cm³/mol. The van der Waals surface area contributed by atoms with Gasteiger partial charge in [0, 0.05) is 49.9 Å². The van der Waals surface area contributed by atoms with Crippen LogP contribution in [0.1, 0.15) is 50.5 Å². The summed E-state index contributed by atoms with van der Waals surface area (Å²) in [5, 5.41) is 3.16. The first-order chi connectivity index (χ1) is 16.8. The maximum atomic E-state index is 13.1. The molecule has 1 amide bonds. The topological polar surface area (TPSA) is 78.4 Å². The van der Waals surface area contributed by atoms with Crippen LogP contribution in [0, 0.1) is 5.92 Å². The molecule has 1 N–H and O–H groups in total. The van der Waals surface area contributed by atoms with Crippen LogP contribution in [0.2, 0.25) is 0 Å². The van der Waals surface area contributed by atoms with Crippen LogP contribution in [-0.4, -0.2) is 69.7 Å². The van der Waals surface area contributed by atoms with Crippen LogP contribution in [0.15, 0.2) is 24.5 Å². The van der Waals surface area contributed by atoms with Gasteiger partial charge >= 0.3 is 6.18 Å². The molecule has 3 aliphatic rings. The third-order valence-electron chi connectivity index (χ3n) is 7.65. The van der Waals surface area contributed by atoms with Gasteiger partial charge in [0.05, 0.1) is 17.6 Å². The Labute approximate surface area is 202 Å². The molecule has 3 fully saturated rings. The number of fused-ring (bicyclic) bond motifs is 1. The summed E-state index contributed by atoms with van der Waals surface area (Å²) in [4.78, 5) is 37.1. The zero-order valence-electron chi connectivity index (χ0n) is 19.6. The Morgan fingerprint density at radius 2 is 1.83 bits per heavy atom. The summed E-state index contributed by atoms with van der Waals surface area (Å²) in [5.74, 6) is 0.865. The van der Waals surface area contributed by atoms with Gasteiger partial charge in [-0.3, -0.25) is 14.5 Å². The van der Waals surface area contributed by atoms with Crippen molar-refractivity contribution in [3.05, 3.63) is 30.1 Å². The summed E-state index contributed by atoms with van der Waals surface area (Å²) in [5.41, 5.74) is -0.383. The van der Waals surface area contributed by atoms with Gasteiger partial charge in [0.1, 0.15) is 12.1 Å². The van der Waals surface area contributed by atoms with E-state index in [1.807, 2.05) is 0 Å². The van der Waals surface area contributed by atoms with Gasteiger partial charge in [-0.05, 0) is 56.2 Å². The quantitative estimate of drug-likeness (QED) is 0.636. The highest BCUT2D eigenvalue weighted by Gasteiger charge is 2.37. The molecule has 5 rings (SSSR count). The Morgan fingerprint density at radius 1 is 1.09 bits per heavy atom. The molecule has 1 aromatic heterocycles. The number of ketones is 1. The lowest BCUT2D eigenvalue weighted by atomic mass is 9.84. The van der Waals surface area contributed by atoms with Crippen molar-refractivity contribution in [3.8, 4) is 0 Å². The van der Waals surface area contributed by atoms with Crippen LogP contribution in [-0.2, 0) is 15.8 Å². The molecular formula is C25H30F3N5O2. The molecule has 7 nitrogen and oxygen atoms in total. The van der Waals surface area contributed by atoms with Crippen LogP contribution in [0.25, 0.3) is 10.9 Å². The minimum absolute atomic E-state index is 0.0182. The lowest BCUT2D eigenvalue weighted by Gasteiger charge is -2.47. The van der Waals surface area contributed by atoms with Gasteiger partial charge in [-0.25, -0.2) is 9.97 Å². The largest absolute Gasteiger partial charge is 0.416 e. The van der Waals surface area contributed by atoms with Crippen LogP contribution < -0.4 is 5.32 Å². The average Bonchev–Trinajstić information content (AvgIpc) is 3.24. The van der Waals surface area contributed by atoms with Crippen molar-refractivity contribution in [2.75, 3.05) is 31.5 Å². The van der Waals surface area contributed by atoms with E-state index in [1.165, 1.54) is 12.4 Å². The summed E-state index contributed by atoms with van der Waals surface area (Å²) in [6, 6.07) is 4.25. The van der Waals surface area contributed by atoms with Crippen molar-refractivity contribution >= 4 is 28.4 Å². The summed E-state index contributed by atoms with van der Waals surface area (Å²) in [6.45, 7) is 2.72. The predicted octanol–water partition coefficient (Wildman–Crippen LogP) is 3.89. The molecule has 3 heterocycles. The van der Waals surface area contributed by atoms with Crippen LogP contribution in [0.5, 0.6) is 0 Å². The van der Waals surface area contributed by atoms with E-state index in [2.05, 4.69) is 25.1 Å².